The van der Waals surface area contributed by atoms with Gasteiger partial charge in [-0.3, -0.25) is 43.2 Å². The molecule has 9 N–H and O–H groups in total. The molecule has 6 aliphatic heterocycles. The molecule has 113 heavy (non-hydrogen) atoms. The van der Waals surface area contributed by atoms with Crippen LogP contribution in [0.5, 0.6) is 0 Å². The maximum atomic E-state index is 12.4. The second-order valence-electron chi connectivity index (χ2n) is 30.2. The molecule has 650 valence electrons. The third-order valence-electron chi connectivity index (χ3n) is 22.7. The summed E-state index contributed by atoms with van der Waals surface area (Å²) in [6.45, 7) is 36.7. The Bertz CT molecular complexity index is 2760. The molecule has 0 aromatic heterocycles. The van der Waals surface area contributed by atoms with Crippen molar-refractivity contribution in [2.45, 2.75) is 289 Å². The molecule has 15 atom stereocenters. The molecule has 0 radical (unpaired) electrons. The number of fused-ring (bicyclic) bond motifs is 3. The summed E-state index contributed by atoms with van der Waals surface area (Å²) in [4.78, 5) is 166. The Morgan fingerprint density at radius 2 is 0.637 bits per heavy atom. The lowest BCUT2D eigenvalue weighted by Crippen LogP contribution is -2.58. The number of nitrogens with one attached hydrogen (secondary N) is 9. The maximum absolute atomic E-state index is 12.4. The number of carbonyl (C=O) groups excluding carboxylic acids is 12. The fourth-order valence-electron chi connectivity index (χ4n) is 16.1. The van der Waals surface area contributed by atoms with Gasteiger partial charge >= 0.3 is 53.9 Å². The minimum Gasteiger partial charge on any atom is -0.822 e. The largest absolute Gasteiger partial charge is 0.822 e. The van der Waals surface area contributed by atoms with Crippen molar-refractivity contribution >= 4 is 115 Å². The van der Waals surface area contributed by atoms with Crippen molar-refractivity contribution in [3.05, 3.63) is 0 Å². The summed E-state index contributed by atoms with van der Waals surface area (Å²) in [6, 6.07) is 1.58. The predicted octanol–water partition coefficient (Wildman–Crippen LogP) is 3.05. The van der Waals surface area contributed by atoms with Gasteiger partial charge < -0.3 is 109 Å². The number of unbranched alkanes of at least 4 members (excludes halogenated alkanes) is 3. The zero-order valence-electron chi connectivity index (χ0n) is 69.5. The van der Waals surface area contributed by atoms with E-state index in [0.29, 0.717) is 73.9 Å². The van der Waals surface area contributed by atoms with E-state index in [1.165, 1.54) is 41.5 Å². The minimum atomic E-state index is -5.39. The lowest BCUT2D eigenvalue weighted by atomic mass is 10.0. The van der Waals surface area contributed by atoms with Gasteiger partial charge in [-0.05, 0) is 101 Å². The van der Waals surface area contributed by atoms with E-state index in [4.69, 9.17) is 47.7 Å². The van der Waals surface area contributed by atoms with E-state index in [1.807, 2.05) is 35.3 Å². The van der Waals surface area contributed by atoms with Gasteiger partial charge in [0, 0.05) is 113 Å². The first kappa shape index (κ1) is 101. The Balaban J connectivity index is 0.000000425. The van der Waals surface area contributed by atoms with Gasteiger partial charge in [0.2, 0.25) is 17.7 Å². The average molecular weight is 1680 g/mol. The monoisotopic (exact) mass is 1680 g/mol. The lowest BCUT2D eigenvalue weighted by molar-refractivity contribution is -0.946. The van der Waals surface area contributed by atoms with Crippen LogP contribution in [0.1, 0.15) is 200 Å². The molecule has 0 aliphatic carbocycles. The van der Waals surface area contributed by atoms with Gasteiger partial charge in [-0.1, -0.05) is 19.3 Å². The number of quaternary nitrogens is 3. The van der Waals surface area contributed by atoms with E-state index in [-0.39, 0.29) is 110 Å². The Kier molecular flexibility index (Phi) is 46.6. The van der Waals surface area contributed by atoms with Gasteiger partial charge in [0.25, 0.3) is 0 Å². The van der Waals surface area contributed by atoms with Crippen molar-refractivity contribution in [1.29, 1.82) is 0 Å². The molecule has 9 amide bonds. The van der Waals surface area contributed by atoms with Crippen molar-refractivity contribution < 1.29 is 119 Å². The molecule has 0 saturated carbocycles. The first-order valence-corrected chi connectivity index (χ1v) is 45.0. The number of phosphoric acid groups is 1. The molecule has 6 fully saturated rings. The summed E-state index contributed by atoms with van der Waals surface area (Å²) in [5.74, 6) is 0.660. The Hall–Kier alpha value is -5.92. The molecule has 0 bridgehead atoms. The summed E-state index contributed by atoms with van der Waals surface area (Å²) in [5.41, 5.74) is 0. The molecule has 6 aliphatic rings. The topological polar surface area (TPSA) is 455 Å². The zero-order chi connectivity index (χ0) is 84.7. The van der Waals surface area contributed by atoms with Crippen molar-refractivity contribution in [3.8, 4) is 0 Å². The first-order chi connectivity index (χ1) is 53.3. The van der Waals surface area contributed by atoms with Gasteiger partial charge in [0.05, 0.1) is 133 Å². The number of esters is 6. The Morgan fingerprint density at radius 3 is 0.841 bits per heavy atom. The number of carbonyl (C=O) groups is 12. The molecule has 6 rings (SSSR count). The first-order valence-electron chi connectivity index (χ1n) is 40.4. The SMILES string of the molecule is CC[N+](CC)(CCNC(=O)CCCCC1SC[C@@H]2NC(=O)N[C@H]12)C(C)CC(COC(C)=O)OC(C)=O.CC[N+](CC)(CCNC(=O)CCCCC1SC[C@@H]2NC(=O)N[C@H]12)C(C)CC(COC(C)=O)OC(C)=O.CC[N+](CC)(CCNC(=O)CCCCC1SC[C@@H]2NC(=O)N[C@H]12)C(C)CC(COC(C)=O)OC(C)=O.O=P([O-])([O-])[O-]. The number of hydrogen-bond donors (Lipinski definition) is 9. The van der Waals surface area contributed by atoms with Crippen LogP contribution >= 0.6 is 43.1 Å². The third-order valence-corrected chi connectivity index (χ3v) is 27.2. The second-order valence-corrected chi connectivity index (χ2v) is 34.9. The molecule has 9 unspecified atom stereocenters. The van der Waals surface area contributed by atoms with E-state index in [1.54, 1.807) is 0 Å². The summed E-state index contributed by atoms with van der Waals surface area (Å²) in [5, 5.41) is 28.4. The van der Waals surface area contributed by atoms with Crippen molar-refractivity contribution in [1.82, 2.24) is 47.9 Å². The molecule has 38 heteroatoms. The number of ether oxygens (including phenoxy) is 6. The molecule has 34 nitrogen and oxygen atoms in total. The highest BCUT2D eigenvalue weighted by Gasteiger charge is 2.46. The number of likely N-dealkylation sites (N-methyl/N-ethyl adjacent to an activating group) is 3. The van der Waals surface area contributed by atoms with Crippen LogP contribution in [-0.4, -0.2) is 289 Å². The predicted molar refractivity (Wildman–Crippen MR) is 426 cm³/mol. The summed E-state index contributed by atoms with van der Waals surface area (Å²) >= 11 is 5.70. The number of urea groups is 3. The highest BCUT2D eigenvalue weighted by Crippen LogP contribution is 2.36. The molecule has 6 saturated heterocycles. The van der Waals surface area contributed by atoms with Gasteiger partial charge in [-0.2, -0.15) is 43.1 Å². The van der Waals surface area contributed by atoms with E-state index in [2.05, 4.69) is 110 Å². The normalized spacial score (nSPS) is 22.2. The van der Waals surface area contributed by atoms with Gasteiger partial charge in [-0.25, -0.2) is 14.4 Å². The molecule has 6 heterocycles. The molecule has 0 aromatic rings. The number of amides is 9. The Morgan fingerprint density at radius 1 is 0.407 bits per heavy atom. The fraction of sp³-hybridized carbons (Fsp3) is 0.840. The number of thioether (sulfide) groups is 3. The molecule has 0 aromatic carbocycles. The van der Waals surface area contributed by atoms with E-state index in [0.717, 1.165) is 147 Å². The summed E-state index contributed by atoms with van der Waals surface area (Å²) in [7, 11) is -5.39. The van der Waals surface area contributed by atoms with Crippen LogP contribution in [0.2, 0.25) is 0 Å². The van der Waals surface area contributed by atoms with Gasteiger partial charge in [0.1, 0.15) is 38.1 Å². The van der Waals surface area contributed by atoms with Gasteiger partial charge in [-0.15, -0.1) is 0 Å². The molecule has 0 spiro atoms. The van der Waals surface area contributed by atoms with Crippen LogP contribution in [0.15, 0.2) is 0 Å². The number of hydrogen-bond acceptors (Lipinski definition) is 25. The second kappa shape index (κ2) is 52.0. The highest BCUT2D eigenvalue weighted by molar-refractivity contribution is 8.00. The van der Waals surface area contributed by atoms with Crippen LogP contribution in [0.4, 0.5) is 14.4 Å². The summed E-state index contributed by atoms with van der Waals surface area (Å²) < 4.78 is 42.3. The van der Waals surface area contributed by atoms with E-state index < -0.39 is 62.0 Å². The van der Waals surface area contributed by atoms with Crippen LogP contribution in [0.3, 0.4) is 0 Å². The third kappa shape index (κ3) is 37.9. The van der Waals surface area contributed by atoms with Crippen molar-refractivity contribution in [3.63, 3.8) is 0 Å². The van der Waals surface area contributed by atoms with Crippen LogP contribution in [0, 0.1) is 0 Å². The zero-order valence-corrected chi connectivity index (χ0v) is 72.8. The standard InChI is InChI=1S/3C25H44N4O6S.H3O4P/c3*1-6-29(7-2,17(3)14-20(35-19(5)31)15-34-18(4)30)13-12-26-23(32)11-9-8-10-22-24-21(16-36-22)27-25(33)28-24;1-5(2,3)4/h3*17,20-22,24H,6-16H2,1-5H3,(H2-,26,27,28,32,33);(H3,1,2,3,4)/t3*17?,20?,21-,22?,24-;/m000./s1. The van der Waals surface area contributed by atoms with Crippen LogP contribution < -0.4 is 62.5 Å². The smallest absolute Gasteiger partial charge is 0.315 e. The van der Waals surface area contributed by atoms with Crippen molar-refractivity contribution in [2.75, 3.05) is 116 Å². The number of rotatable bonds is 48. The molecular formula is C75H135N12O22PS3. The minimum absolute atomic E-state index is 0.0487. The number of nitrogens with zero attached hydrogens (tertiary/aromatic N) is 3. The van der Waals surface area contributed by atoms with E-state index >= 15 is 0 Å². The highest BCUT2D eigenvalue weighted by atomic mass is 32.2. The average Bonchev–Trinajstić information content (AvgIpc) is 1.68. The van der Waals surface area contributed by atoms with Crippen LogP contribution in [0.25, 0.3) is 0 Å². The molecular weight excluding hydrogens is 1550 g/mol. The van der Waals surface area contributed by atoms with Crippen LogP contribution in [-0.2, 0) is 76.1 Å². The summed E-state index contributed by atoms with van der Waals surface area (Å²) in [6.07, 6.45) is 10.1. The van der Waals surface area contributed by atoms with Gasteiger partial charge in [0.15, 0.2) is 0 Å². The fourth-order valence-corrected chi connectivity index (χ4v) is 20.7. The van der Waals surface area contributed by atoms with Crippen molar-refractivity contribution in [2.24, 2.45) is 0 Å². The lowest BCUT2D eigenvalue weighted by Gasteiger charge is -2.43. The quantitative estimate of drug-likeness (QED) is 0.0106. The Labute approximate surface area is 682 Å². The van der Waals surface area contributed by atoms with E-state index in [9.17, 15) is 57.5 Å². The maximum Gasteiger partial charge on any atom is 0.315 e.